The van der Waals surface area contributed by atoms with Crippen molar-refractivity contribution >= 4 is 9.84 Å². The average Bonchev–Trinajstić information content (AvgIpc) is 1.88. The summed E-state index contributed by atoms with van der Waals surface area (Å²) in [5.41, 5.74) is 0. The van der Waals surface area contributed by atoms with Gasteiger partial charge >= 0.3 is 0 Å². The van der Waals surface area contributed by atoms with E-state index in [1.165, 1.54) is 6.26 Å². The number of hydrogen-bond acceptors (Lipinski definition) is 2. The van der Waals surface area contributed by atoms with Gasteiger partial charge in [-0.25, -0.2) is 8.42 Å². The van der Waals surface area contributed by atoms with Crippen molar-refractivity contribution in [3.63, 3.8) is 0 Å². The van der Waals surface area contributed by atoms with Gasteiger partial charge in [-0.15, -0.1) is 0 Å². The Balaban J connectivity index is 0.000001000. The normalized spacial score (nSPS) is 10.3. The van der Waals surface area contributed by atoms with Crippen molar-refractivity contribution in [3.8, 4) is 0 Å². The molecule has 0 aliphatic carbocycles. The molecule has 0 aliphatic rings. The summed E-state index contributed by atoms with van der Waals surface area (Å²) < 4.78 is 21.7. The first-order valence-electron chi connectivity index (χ1n) is 2.86. The number of hydrogen-bond donors (Lipinski definition) is 0. The summed E-state index contributed by atoms with van der Waals surface area (Å²) in [7, 11) is -3.00. The van der Waals surface area contributed by atoms with E-state index in [0.717, 1.165) is 0 Å². The second-order valence-corrected chi connectivity index (χ2v) is 4.10. The molecule has 0 spiro atoms. The van der Waals surface area contributed by atoms with Gasteiger partial charge in [0.15, 0.2) is 9.84 Å². The van der Waals surface area contributed by atoms with E-state index in [4.69, 9.17) is 0 Å². The highest BCUT2D eigenvalue weighted by Gasteiger charge is 2.02. The maximum absolute atomic E-state index is 10.8. The predicted octanol–water partition coefficient (Wildman–Crippen LogP) is 0.265. The number of rotatable bonds is 1. The fraction of sp³-hybridized carbons (Fsp3) is 0.143. The molecule has 0 aromatic heterocycles. The first-order chi connectivity index (χ1) is 4.61. The molecule has 4 heteroatoms. The number of benzene rings is 1. The molecule has 0 saturated carbocycles. The highest BCUT2D eigenvalue weighted by atomic mass is 32.2. The summed E-state index contributed by atoms with van der Waals surface area (Å²) >= 11 is 0. The lowest BCUT2D eigenvalue weighted by Gasteiger charge is -1.93. The topological polar surface area (TPSA) is 65.6 Å². The first kappa shape index (κ1) is 10.1. The molecule has 62 valence electrons. The predicted molar refractivity (Wildman–Crippen MR) is 43.2 cm³/mol. The molecule has 2 N–H and O–H groups in total. The van der Waals surface area contributed by atoms with Crippen LogP contribution >= 0.6 is 0 Å². The van der Waals surface area contributed by atoms with Crippen molar-refractivity contribution in [2.24, 2.45) is 0 Å². The van der Waals surface area contributed by atoms with Crippen LogP contribution in [0.5, 0.6) is 0 Å². The maximum Gasteiger partial charge on any atom is 0.175 e. The largest absolute Gasteiger partial charge is 0.412 e. The Morgan fingerprint density at radius 2 is 1.55 bits per heavy atom. The SMILES string of the molecule is CS(=O)(=O)c1ccccc1.O. The first-order valence-corrected chi connectivity index (χ1v) is 4.75. The van der Waals surface area contributed by atoms with Crippen LogP contribution in [-0.4, -0.2) is 20.1 Å². The van der Waals surface area contributed by atoms with E-state index >= 15 is 0 Å². The van der Waals surface area contributed by atoms with Gasteiger partial charge in [0.2, 0.25) is 0 Å². The molecule has 11 heavy (non-hydrogen) atoms. The molecule has 0 amide bonds. The molecule has 1 rings (SSSR count). The molecule has 0 fully saturated rings. The monoisotopic (exact) mass is 174 g/mol. The molecular formula is C7H10O3S. The Morgan fingerprint density at radius 3 is 1.82 bits per heavy atom. The number of sulfone groups is 1. The second-order valence-electron chi connectivity index (χ2n) is 2.09. The van der Waals surface area contributed by atoms with Crippen LogP contribution < -0.4 is 0 Å². The van der Waals surface area contributed by atoms with Gasteiger partial charge in [-0.05, 0) is 12.1 Å². The third kappa shape index (κ3) is 2.69. The van der Waals surface area contributed by atoms with Crippen molar-refractivity contribution in [2.75, 3.05) is 6.26 Å². The molecule has 0 bridgehead atoms. The fourth-order valence-corrected chi connectivity index (χ4v) is 1.32. The van der Waals surface area contributed by atoms with Crippen LogP contribution in [0, 0.1) is 0 Å². The van der Waals surface area contributed by atoms with Gasteiger partial charge in [0, 0.05) is 6.26 Å². The van der Waals surface area contributed by atoms with E-state index in [9.17, 15) is 8.42 Å². The third-order valence-corrected chi connectivity index (χ3v) is 2.30. The van der Waals surface area contributed by atoms with Gasteiger partial charge in [0.25, 0.3) is 0 Å². The van der Waals surface area contributed by atoms with Crippen molar-refractivity contribution in [1.29, 1.82) is 0 Å². The Kier molecular flexibility index (Phi) is 3.22. The molecule has 0 atom stereocenters. The summed E-state index contributed by atoms with van der Waals surface area (Å²) in [6.07, 6.45) is 1.20. The van der Waals surface area contributed by atoms with Crippen molar-refractivity contribution in [1.82, 2.24) is 0 Å². The van der Waals surface area contributed by atoms with E-state index in [0.29, 0.717) is 4.90 Å². The summed E-state index contributed by atoms with van der Waals surface area (Å²) in [5, 5.41) is 0. The molecule has 0 saturated heterocycles. The minimum absolute atomic E-state index is 0. The van der Waals surface area contributed by atoms with Crippen LogP contribution in [0.1, 0.15) is 0 Å². The Hall–Kier alpha value is -0.870. The van der Waals surface area contributed by atoms with Gasteiger partial charge < -0.3 is 5.48 Å². The Bertz CT molecular complexity index is 302. The van der Waals surface area contributed by atoms with Crippen LogP contribution in [0.15, 0.2) is 35.2 Å². The van der Waals surface area contributed by atoms with Crippen molar-refractivity contribution in [2.45, 2.75) is 4.90 Å². The highest BCUT2D eigenvalue weighted by molar-refractivity contribution is 7.90. The zero-order valence-electron chi connectivity index (χ0n) is 6.11. The van der Waals surface area contributed by atoms with Crippen LogP contribution in [-0.2, 0) is 9.84 Å². The van der Waals surface area contributed by atoms with E-state index in [-0.39, 0.29) is 5.48 Å². The second kappa shape index (κ2) is 3.50. The van der Waals surface area contributed by atoms with E-state index < -0.39 is 9.84 Å². The minimum Gasteiger partial charge on any atom is -0.412 e. The van der Waals surface area contributed by atoms with E-state index in [1.54, 1.807) is 30.3 Å². The van der Waals surface area contributed by atoms with Gasteiger partial charge in [0.05, 0.1) is 4.90 Å². The van der Waals surface area contributed by atoms with Crippen molar-refractivity contribution in [3.05, 3.63) is 30.3 Å². The summed E-state index contributed by atoms with van der Waals surface area (Å²) in [6.45, 7) is 0. The highest BCUT2D eigenvalue weighted by Crippen LogP contribution is 2.05. The Morgan fingerprint density at radius 1 is 1.09 bits per heavy atom. The fourth-order valence-electron chi connectivity index (χ4n) is 0.668. The van der Waals surface area contributed by atoms with Crippen LogP contribution in [0.25, 0.3) is 0 Å². The molecule has 1 aromatic rings. The average molecular weight is 174 g/mol. The molecule has 3 nitrogen and oxygen atoms in total. The quantitative estimate of drug-likeness (QED) is 0.613. The summed E-state index contributed by atoms with van der Waals surface area (Å²) in [4.78, 5) is 0.370. The summed E-state index contributed by atoms with van der Waals surface area (Å²) in [6, 6.07) is 8.35. The van der Waals surface area contributed by atoms with Gasteiger partial charge in [-0.2, -0.15) is 0 Å². The smallest absolute Gasteiger partial charge is 0.175 e. The lowest BCUT2D eigenvalue weighted by atomic mass is 10.4. The van der Waals surface area contributed by atoms with Gasteiger partial charge in [0.1, 0.15) is 0 Å². The standard InChI is InChI=1S/C7H8O2S.H2O/c1-10(8,9)7-5-3-2-4-6-7;/h2-6H,1H3;1H2. The molecular weight excluding hydrogens is 164 g/mol. The van der Waals surface area contributed by atoms with E-state index in [1.807, 2.05) is 0 Å². The zero-order chi connectivity index (χ0) is 7.61. The summed E-state index contributed by atoms with van der Waals surface area (Å²) in [5.74, 6) is 0. The van der Waals surface area contributed by atoms with Crippen LogP contribution in [0.4, 0.5) is 0 Å². The molecule has 1 aromatic carbocycles. The molecule has 0 unspecified atom stereocenters. The molecule has 0 radical (unpaired) electrons. The molecule has 0 aliphatic heterocycles. The van der Waals surface area contributed by atoms with E-state index in [2.05, 4.69) is 0 Å². The maximum atomic E-state index is 10.8. The zero-order valence-corrected chi connectivity index (χ0v) is 6.93. The Labute approximate surface area is 65.9 Å². The lowest BCUT2D eigenvalue weighted by Crippen LogP contribution is -1.95. The lowest BCUT2D eigenvalue weighted by molar-refractivity contribution is 0.602. The minimum atomic E-state index is -3.00. The third-order valence-electron chi connectivity index (χ3n) is 1.17. The van der Waals surface area contributed by atoms with Crippen LogP contribution in [0.3, 0.4) is 0 Å². The van der Waals surface area contributed by atoms with Gasteiger partial charge in [-0.3, -0.25) is 0 Å². The van der Waals surface area contributed by atoms with Gasteiger partial charge in [-0.1, -0.05) is 18.2 Å². The van der Waals surface area contributed by atoms with Crippen LogP contribution in [0.2, 0.25) is 0 Å². The molecule has 0 heterocycles. The van der Waals surface area contributed by atoms with Crippen molar-refractivity contribution < 1.29 is 13.9 Å².